The Morgan fingerprint density at radius 2 is 1.96 bits per heavy atom. The average molecular weight is 460 g/mol. The Morgan fingerprint density at radius 3 is 2.64 bits per heavy atom. The maximum atomic E-state index is 12.9. The molecule has 2 fully saturated rings. The van der Waals surface area contributed by atoms with Crippen molar-refractivity contribution in [2.24, 2.45) is 10.9 Å². The number of guanidine groups is 1. The van der Waals surface area contributed by atoms with Crippen molar-refractivity contribution in [1.82, 2.24) is 15.5 Å². The van der Waals surface area contributed by atoms with E-state index in [1.807, 2.05) is 12.1 Å². The van der Waals surface area contributed by atoms with E-state index in [1.54, 1.807) is 0 Å². The fraction of sp³-hybridized carbons (Fsp3) is 0.632. The van der Waals surface area contributed by atoms with E-state index < -0.39 is 0 Å². The van der Waals surface area contributed by atoms with E-state index in [1.165, 1.54) is 44.5 Å². The SMILES string of the molecule is CCNC(=NCC1CCN(C2CC2)C1)NCCc1ccc(F)cc1.I. The first-order valence-electron chi connectivity index (χ1n) is 9.25. The van der Waals surface area contributed by atoms with Gasteiger partial charge in [0.25, 0.3) is 0 Å². The van der Waals surface area contributed by atoms with Crippen LogP contribution in [0.5, 0.6) is 0 Å². The molecule has 3 rings (SSSR count). The van der Waals surface area contributed by atoms with Crippen molar-refractivity contribution >= 4 is 29.9 Å². The molecule has 1 atom stereocenters. The summed E-state index contributed by atoms with van der Waals surface area (Å²) in [6.45, 7) is 7.11. The van der Waals surface area contributed by atoms with Gasteiger partial charge in [-0.1, -0.05) is 12.1 Å². The zero-order valence-corrected chi connectivity index (χ0v) is 17.3. The minimum Gasteiger partial charge on any atom is -0.357 e. The number of hydrogen-bond donors (Lipinski definition) is 2. The Balaban J connectivity index is 0.00000225. The lowest BCUT2D eigenvalue weighted by atomic mass is 10.1. The van der Waals surface area contributed by atoms with Gasteiger partial charge in [-0.15, -0.1) is 24.0 Å². The van der Waals surface area contributed by atoms with Crippen molar-refractivity contribution in [3.8, 4) is 0 Å². The van der Waals surface area contributed by atoms with Gasteiger partial charge in [-0.2, -0.15) is 0 Å². The number of likely N-dealkylation sites (tertiary alicyclic amines) is 1. The minimum atomic E-state index is -0.182. The molecule has 1 aromatic carbocycles. The monoisotopic (exact) mass is 460 g/mol. The second kappa shape index (κ2) is 10.3. The van der Waals surface area contributed by atoms with Gasteiger partial charge < -0.3 is 15.5 Å². The fourth-order valence-corrected chi connectivity index (χ4v) is 3.32. The molecule has 1 aliphatic carbocycles. The summed E-state index contributed by atoms with van der Waals surface area (Å²) in [5.74, 6) is 1.40. The number of aliphatic imine (C=N–C) groups is 1. The van der Waals surface area contributed by atoms with Crippen molar-refractivity contribution in [2.75, 3.05) is 32.7 Å². The lowest BCUT2D eigenvalue weighted by Gasteiger charge is -2.15. The van der Waals surface area contributed by atoms with Crippen LogP contribution in [-0.2, 0) is 6.42 Å². The number of hydrogen-bond acceptors (Lipinski definition) is 2. The summed E-state index contributed by atoms with van der Waals surface area (Å²) in [6, 6.07) is 7.58. The topological polar surface area (TPSA) is 39.7 Å². The fourth-order valence-electron chi connectivity index (χ4n) is 3.32. The molecule has 2 aliphatic rings. The standard InChI is InChI=1S/C19H29FN4.HI/c1-2-21-19(22-11-9-15-3-5-17(20)6-4-15)23-13-16-10-12-24(14-16)18-7-8-18;/h3-6,16,18H,2,7-14H2,1H3,(H2,21,22,23);1H. The van der Waals surface area contributed by atoms with Crippen LogP contribution in [0.15, 0.2) is 29.3 Å². The normalized spacial score (nSPS) is 21.0. The highest BCUT2D eigenvalue weighted by molar-refractivity contribution is 14.0. The van der Waals surface area contributed by atoms with Gasteiger partial charge in [0.2, 0.25) is 0 Å². The molecule has 25 heavy (non-hydrogen) atoms. The van der Waals surface area contributed by atoms with Crippen molar-refractivity contribution in [1.29, 1.82) is 0 Å². The largest absolute Gasteiger partial charge is 0.357 e. The maximum Gasteiger partial charge on any atom is 0.191 e. The molecule has 1 saturated carbocycles. The van der Waals surface area contributed by atoms with Gasteiger partial charge in [0.05, 0.1) is 0 Å². The van der Waals surface area contributed by atoms with Crippen LogP contribution in [0.25, 0.3) is 0 Å². The molecule has 0 bridgehead atoms. The first-order valence-corrected chi connectivity index (χ1v) is 9.25. The van der Waals surface area contributed by atoms with Crippen LogP contribution in [0.4, 0.5) is 4.39 Å². The van der Waals surface area contributed by atoms with Crippen LogP contribution in [0, 0.1) is 11.7 Å². The van der Waals surface area contributed by atoms with Crippen molar-refractivity contribution < 1.29 is 4.39 Å². The van der Waals surface area contributed by atoms with Crippen LogP contribution >= 0.6 is 24.0 Å². The first kappa shape index (κ1) is 20.4. The van der Waals surface area contributed by atoms with E-state index in [4.69, 9.17) is 4.99 Å². The molecule has 1 heterocycles. The Bertz CT molecular complexity index is 545. The molecule has 0 amide bonds. The minimum absolute atomic E-state index is 0. The Morgan fingerprint density at radius 1 is 1.20 bits per heavy atom. The zero-order chi connectivity index (χ0) is 16.8. The molecule has 4 nitrogen and oxygen atoms in total. The predicted octanol–water partition coefficient (Wildman–Crippen LogP) is 3.03. The average Bonchev–Trinajstić information content (AvgIpc) is 3.33. The smallest absolute Gasteiger partial charge is 0.191 e. The van der Waals surface area contributed by atoms with E-state index in [-0.39, 0.29) is 29.8 Å². The van der Waals surface area contributed by atoms with Crippen molar-refractivity contribution in [3.05, 3.63) is 35.6 Å². The van der Waals surface area contributed by atoms with Gasteiger partial charge in [0.1, 0.15) is 5.82 Å². The summed E-state index contributed by atoms with van der Waals surface area (Å²) in [5, 5.41) is 6.70. The van der Waals surface area contributed by atoms with E-state index >= 15 is 0 Å². The van der Waals surface area contributed by atoms with E-state index in [0.717, 1.165) is 43.6 Å². The molecule has 0 radical (unpaired) electrons. The van der Waals surface area contributed by atoms with E-state index in [9.17, 15) is 4.39 Å². The lowest BCUT2D eigenvalue weighted by Crippen LogP contribution is -2.38. The third-order valence-corrected chi connectivity index (χ3v) is 4.85. The number of rotatable bonds is 7. The number of halogens is 2. The van der Waals surface area contributed by atoms with Gasteiger partial charge in [0.15, 0.2) is 5.96 Å². The van der Waals surface area contributed by atoms with Gasteiger partial charge >= 0.3 is 0 Å². The molecule has 1 saturated heterocycles. The number of nitrogens with zero attached hydrogens (tertiary/aromatic N) is 2. The highest BCUT2D eigenvalue weighted by Gasteiger charge is 2.34. The summed E-state index contributed by atoms with van der Waals surface area (Å²) >= 11 is 0. The molecule has 140 valence electrons. The molecular formula is C19H30FIN4. The van der Waals surface area contributed by atoms with Crippen LogP contribution in [-0.4, -0.2) is 49.6 Å². The third kappa shape index (κ3) is 6.73. The Labute approximate surface area is 167 Å². The summed E-state index contributed by atoms with van der Waals surface area (Å²) < 4.78 is 12.9. The Hall–Kier alpha value is -0.890. The van der Waals surface area contributed by atoms with Crippen LogP contribution in [0.3, 0.4) is 0 Å². The molecular weight excluding hydrogens is 430 g/mol. The quantitative estimate of drug-likeness (QED) is 0.374. The summed E-state index contributed by atoms with van der Waals surface area (Å²) in [5.41, 5.74) is 1.13. The summed E-state index contributed by atoms with van der Waals surface area (Å²) in [4.78, 5) is 7.40. The van der Waals surface area contributed by atoms with Crippen molar-refractivity contribution in [3.63, 3.8) is 0 Å². The number of nitrogens with one attached hydrogen (secondary N) is 2. The van der Waals surface area contributed by atoms with Gasteiger partial charge in [0, 0.05) is 32.2 Å². The van der Waals surface area contributed by atoms with E-state index in [0.29, 0.717) is 5.92 Å². The molecule has 2 N–H and O–H groups in total. The van der Waals surface area contributed by atoms with Gasteiger partial charge in [-0.25, -0.2) is 4.39 Å². The first-order chi connectivity index (χ1) is 11.7. The number of benzene rings is 1. The lowest BCUT2D eigenvalue weighted by molar-refractivity contribution is 0.315. The van der Waals surface area contributed by atoms with Gasteiger partial charge in [-0.05, 0) is 62.8 Å². The molecule has 6 heteroatoms. The second-order valence-electron chi connectivity index (χ2n) is 6.90. The molecule has 0 spiro atoms. The second-order valence-corrected chi connectivity index (χ2v) is 6.90. The molecule has 0 aromatic heterocycles. The summed E-state index contributed by atoms with van der Waals surface area (Å²) in [7, 11) is 0. The van der Waals surface area contributed by atoms with Crippen LogP contribution in [0.1, 0.15) is 31.7 Å². The zero-order valence-electron chi connectivity index (χ0n) is 15.0. The molecule has 1 unspecified atom stereocenters. The highest BCUT2D eigenvalue weighted by atomic mass is 127. The van der Waals surface area contributed by atoms with Crippen LogP contribution < -0.4 is 10.6 Å². The maximum absolute atomic E-state index is 12.9. The molecule has 1 aliphatic heterocycles. The van der Waals surface area contributed by atoms with Gasteiger partial charge in [-0.3, -0.25) is 4.99 Å². The van der Waals surface area contributed by atoms with Crippen molar-refractivity contribution in [2.45, 2.75) is 38.6 Å². The van der Waals surface area contributed by atoms with E-state index in [2.05, 4.69) is 22.5 Å². The Kier molecular flexibility index (Phi) is 8.42. The van der Waals surface area contributed by atoms with Crippen LogP contribution in [0.2, 0.25) is 0 Å². The highest BCUT2D eigenvalue weighted by Crippen LogP contribution is 2.31. The molecule has 1 aromatic rings. The summed E-state index contributed by atoms with van der Waals surface area (Å²) in [6.07, 6.45) is 4.92. The predicted molar refractivity (Wildman–Crippen MR) is 112 cm³/mol. The third-order valence-electron chi connectivity index (χ3n) is 4.85.